The largest absolute Gasteiger partial charge is 0.486 e. The van der Waals surface area contributed by atoms with E-state index in [9.17, 15) is 0 Å². The Kier molecular flexibility index (Phi) is 8.45. The average molecular weight is 534 g/mol. The van der Waals surface area contributed by atoms with Gasteiger partial charge < -0.3 is 19.7 Å². The Bertz CT molecular complexity index is 869. The van der Waals surface area contributed by atoms with E-state index in [1.807, 2.05) is 30.9 Å². The van der Waals surface area contributed by atoms with Crippen molar-refractivity contribution in [3.63, 3.8) is 0 Å². The van der Waals surface area contributed by atoms with E-state index in [0.29, 0.717) is 42.2 Å². The molecular weight excluding hydrogens is 505 g/mol. The molecule has 1 aromatic carbocycles. The summed E-state index contributed by atoms with van der Waals surface area (Å²) in [6.45, 7) is 6.68. The average Bonchev–Trinajstić information content (AvgIpc) is 3.03. The van der Waals surface area contributed by atoms with Gasteiger partial charge in [-0.1, -0.05) is 25.4 Å². The van der Waals surface area contributed by atoms with E-state index >= 15 is 0 Å². The van der Waals surface area contributed by atoms with Crippen molar-refractivity contribution in [3.05, 3.63) is 40.2 Å². The van der Waals surface area contributed by atoms with Crippen LogP contribution in [0.15, 0.2) is 23.3 Å². The minimum atomic E-state index is 0. The molecule has 1 aliphatic heterocycles. The molecule has 160 valence electrons. The van der Waals surface area contributed by atoms with Gasteiger partial charge in [-0.25, -0.2) is 0 Å². The number of guanidine groups is 1. The molecule has 29 heavy (non-hydrogen) atoms. The lowest BCUT2D eigenvalue weighted by atomic mass is 10.1. The Labute approximate surface area is 194 Å². The van der Waals surface area contributed by atoms with Crippen LogP contribution >= 0.6 is 35.6 Å². The summed E-state index contributed by atoms with van der Waals surface area (Å²) < 4.78 is 13.1. The van der Waals surface area contributed by atoms with Gasteiger partial charge in [-0.3, -0.25) is 9.67 Å². The summed E-state index contributed by atoms with van der Waals surface area (Å²) in [5.74, 6) is 2.48. The molecule has 0 unspecified atom stereocenters. The third-order valence-electron chi connectivity index (χ3n) is 4.57. The second-order valence-electron chi connectivity index (χ2n) is 7.23. The molecule has 1 aliphatic rings. The molecule has 0 spiro atoms. The van der Waals surface area contributed by atoms with Crippen molar-refractivity contribution in [1.29, 1.82) is 0 Å². The monoisotopic (exact) mass is 533 g/mol. The lowest BCUT2D eigenvalue weighted by molar-refractivity contribution is 0.171. The molecular formula is C20H29ClIN5O2. The molecule has 3 rings (SSSR count). The Morgan fingerprint density at radius 1 is 1.34 bits per heavy atom. The minimum absolute atomic E-state index is 0. The van der Waals surface area contributed by atoms with Gasteiger partial charge in [0.2, 0.25) is 0 Å². The van der Waals surface area contributed by atoms with E-state index in [1.54, 1.807) is 7.05 Å². The first-order valence-corrected chi connectivity index (χ1v) is 9.79. The van der Waals surface area contributed by atoms with Crippen molar-refractivity contribution in [1.82, 2.24) is 20.0 Å². The first kappa shape index (κ1) is 23.6. The number of halogens is 2. The smallest absolute Gasteiger partial charge is 0.193 e. The van der Waals surface area contributed by atoms with Gasteiger partial charge in [0.25, 0.3) is 0 Å². The Morgan fingerprint density at radius 2 is 2.07 bits per heavy atom. The van der Waals surface area contributed by atoms with E-state index < -0.39 is 0 Å². The zero-order valence-electron chi connectivity index (χ0n) is 17.5. The molecule has 0 fully saturated rings. The summed E-state index contributed by atoms with van der Waals surface area (Å²) in [6, 6.07) is 3.85. The minimum Gasteiger partial charge on any atom is -0.486 e. The molecule has 0 bridgehead atoms. The molecule has 1 aromatic heterocycles. The summed E-state index contributed by atoms with van der Waals surface area (Å²) in [5, 5.41) is 8.53. The molecule has 2 aromatic rings. The highest BCUT2D eigenvalue weighted by Gasteiger charge is 2.18. The molecule has 1 N–H and O–H groups in total. The van der Waals surface area contributed by atoms with Crippen LogP contribution < -0.4 is 14.8 Å². The third-order valence-corrected chi connectivity index (χ3v) is 4.85. The fraction of sp³-hybridized carbons (Fsp3) is 0.500. The van der Waals surface area contributed by atoms with E-state index in [4.69, 9.17) is 21.1 Å². The fourth-order valence-electron chi connectivity index (χ4n) is 3.33. The van der Waals surface area contributed by atoms with Crippen molar-refractivity contribution in [2.75, 3.05) is 27.3 Å². The van der Waals surface area contributed by atoms with Crippen LogP contribution in [0.2, 0.25) is 5.02 Å². The van der Waals surface area contributed by atoms with Crippen molar-refractivity contribution >= 4 is 41.5 Å². The van der Waals surface area contributed by atoms with Gasteiger partial charge in [0.1, 0.15) is 13.2 Å². The van der Waals surface area contributed by atoms with Gasteiger partial charge in [-0.2, -0.15) is 5.10 Å². The highest BCUT2D eigenvalue weighted by atomic mass is 127. The lowest BCUT2D eigenvalue weighted by Gasteiger charge is -2.23. The third kappa shape index (κ3) is 5.69. The zero-order chi connectivity index (χ0) is 20.3. The van der Waals surface area contributed by atoms with Crippen LogP contribution in [0.5, 0.6) is 11.5 Å². The predicted molar refractivity (Wildman–Crippen MR) is 127 cm³/mol. The van der Waals surface area contributed by atoms with Gasteiger partial charge in [0.15, 0.2) is 17.5 Å². The second-order valence-corrected chi connectivity index (χ2v) is 7.63. The van der Waals surface area contributed by atoms with Crippen LogP contribution in [0.4, 0.5) is 0 Å². The topological polar surface area (TPSA) is 63.9 Å². The Morgan fingerprint density at radius 3 is 2.76 bits per heavy atom. The van der Waals surface area contributed by atoms with Crippen molar-refractivity contribution in [2.45, 2.75) is 32.9 Å². The number of rotatable bonds is 5. The first-order chi connectivity index (χ1) is 13.4. The van der Waals surface area contributed by atoms with E-state index in [-0.39, 0.29) is 24.0 Å². The molecule has 0 aliphatic carbocycles. The summed E-state index contributed by atoms with van der Waals surface area (Å²) in [7, 11) is 5.75. The maximum atomic E-state index is 6.33. The number of fused-ring (bicyclic) bond motifs is 1. The maximum absolute atomic E-state index is 6.33. The zero-order valence-corrected chi connectivity index (χ0v) is 20.6. The van der Waals surface area contributed by atoms with Gasteiger partial charge >= 0.3 is 0 Å². The Hall–Kier alpha value is -1.68. The van der Waals surface area contributed by atoms with Crippen LogP contribution in [0, 0.1) is 0 Å². The first-order valence-electron chi connectivity index (χ1n) is 9.41. The van der Waals surface area contributed by atoms with Crippen molar-refractivity contribution in [3.8, 4) is 11.5 Å². The Balaban J connectivity index is 0.00000300. The number of nitrogens with one attached hydrogen (secondary N) is 1. The van der Waals surface area contributed by atoms with E-state index in [1.165, 1.54) is 5.56 Å². The van der Waals surface area contributed by atoms with Gasteiger partial charge in [-0.05, 0) is 23.6 Å². The number of benzene rings is 1. The summed E-state index contributed by atoms with van der Waals surface area (Å²) in [5.41, 5.74) is 3.32. The lowest BCUT2D eigenvalue weighted by Crippen LogP contribution is -2.38. The van der Waals surface area contributed by atoms with Crippen LogP contribution in [-0.4, -0.2) is 47.9 Å². The van der Waals surface area contributed by atoms with Gasteiger partial charge in [0, 0.05) is 46.0 Å². The maximum Gasteiger partial charge on any atom is 0.193 e. The molecule has 0 saturated carbocycles. The molecule has 2 heterocycles. The molecule has 7 nitrogen and oxygen atoms in total. The number of hydrogen-bond acceptors (Lipinski definition) is 4. The van der Waals surface area contributed by atoms with Crippen LogP contribution in [-0.2, 0) is 20.1 Å². The highest BCUT2D eigenvalue weighted by Crippen LogP contribution is 2.38. The number of hydrogen-bond donors (Lipinski definition) is 1. The standard InChI is InChI=1S/C20H28ClN5O2.HI/c1-13(2)18-15(12-26(5)24-18)11-25(4)20(22-3)23-10-14-8-16(21)19-17(9-14)27-6-7-28-19;/h8-9,12-13H,6-7,10-11H2,1-5H3,(H,22,23);1H. The summed E-state index contributed by atoms with van der Waals surface area (Å²) in [4.78, 5) is 6.49. The number of aryl methyl sites for hydroxylation is 1. The summed E-state index contributed by atoms with van der Waals surface area (Å²) in [6.07, 6.45) is 2.07. The highest BCUT2D eigenvalue weighted by molar-refractivity contribution is 14.0. The SMILES string of the molecule is CN=C(NCc1cc(Cl)c2c(c1)OCCO2)N(C)Cc1cn(C)nc1C(C)C.I. The second kappa shape index (κ2) is 10.4. The van der Waals surface area contributed by atoms with Crippen LogP contribution in [0.25, 0.3) is 0 Å². The van der Waals surface area contributed by atoms with Crippen LogP contribution in [0.3, 0.4) is 0 Å². The van der Waals surface area contributed by atoms with Crippen molar-refractivity contribution < 1.29 is 9.47 Å². The number of aromatic nitrogens is 2. The van der Waals surface area contributed by atoms with Crippen molar-refractivity contribution in [2.24, 2.45) is 12.0 Å². The molecule has 0 atom stereocenters. The fourth-order valence-corrected chi connectivity index (χ4v) is 3.61. The number of aliphatic imine (C=N–C) groups is 1. The molecule has 9 heteroatoms. The molecule has 0 radical (unpaired) electrons. The number of nitrogens with zero attached hydrogens (tertiary/aromatic N) is 4. The van der Waals surface area contributed by atoms with Gasteiger partial charge in [0.05, 0.1) is 10.7 Å². The molecule has 0 saturated heterocycles. The quantitative estimate of drug-likeness (QED) is 0.360. The molecule has 0 amide bonds. The number of ether oxygens (including phenoxy) is 2. The van der Waals surface area contributed by atoms with Gasteiger partial charge in [-0.15, -0.1) is 24.0 Å². The van der Waals surface area contributed by atoms with E-state index in [2.05, 4.69) is 40.4 Å². The normalized spacial score (nSPS) is 13.3. The summed E-state index contributed by atoms with van der Waals surface area (Å²) >= 11 is 6.33. The predicted octanol–water partition coefficient (Wildman–Crippen LogP) is 3.79. The van der Waals surface area contributed by atoms with E-state index in [0.717, 1.165) is 23.8 Å². The van der Waals surface area contributed by atoms with Crippen LogP contribution in [0.1, 0.15) is 36.6 Å².